The first-order valence-corrected chi connectivity index (χ1v) is 5.53. The second kappa shape index (κ2) is 5.11. The van der Waals surface area contributed by atoms with Gasteiger partial charge in [-0.3, -0.25) is 15.6 Å². The highest BCUT2D eigenvalue weighted by atomic mass is 16.5. The van der Waals surface area contributed by atoms with E-state index in [0.29, 0.717) is 31.0 Å². The largest absolute Gasteiger partial charge is 0.377 e. The van der Waals surface area contributed by atoms with Crippen LogP contribution < -0.4 is 11.3 Å². The molecule has 0 radical (unpaired) electrons. The molecule has 92 valence electrons. The summed E-state index contributed by atoms with van der Waals surface area (Å²) in [7, 11) is 0. The number of aromatic nitrogens is 1. The van der Waals surface area contributed by atoms with E-state index in [9.17, 15) is 4.79 Å². The average molecular weight is 236 g/mol. The number of nitrogens with one attached hydrogen (secondary N) is 1. The summed E-state index contributed by atoms with van der Waals surface area (Å²) in [6.45, 7) is 3.70. The topological polar surface area (TPSA) is 80.5 Å². The van der Waals surface area contributed by atoms with Gasteiger partial charge >= 0.3 is 0 Å². The summed E-state index contributed by atoms with van der Waals surface area (Å²) in [5.74, 6) is 5.31. The van der Waals surface area contributed by atoms with Crippen LogP contribution in [0.15, 0.2) is 18.5 Å². The van der Waals surface area contributed by atoms with E-state index in [2.05, 4.69) is 10.4 Å². The maximum Gasteiger partial charge on any atom is 0.257 e. The number of pyridine rings is 1. The Labute approximate surface area is 99.7 Å². The standard InChI is InChI=1S/C11H16N4O2/c1-8-7-17-5-4-15(8)11(16)9-6-13-3-2-10(9)14-12/h2-3,6,8H,4-5,7,12H2,1H3,(H,13,14). The molecular weight excluding hydrogens is 220 g/mol. The Hall–Kier alpha value is -1.66. The predicted molar refractivity (Wildman–Crippen MR) is 63.4 cm³/mol. The Bertz CT molecular complexity index is 410. The van der Waals surface area contributed by atoms with E-state index >= 15 is 0 Å². The van der Waals surface area contributed by atoms with Crippen LogP contribution in [0.5, 0.6) is 0 Å². The summed E-state index contributed by atoms with van der Waals surface area (Å²) in [6, 6.07) is 1.75. The van der Waals surface area contributed by atoms with Crippen molar-refractivity contribution >= 4 is 11.6 Å². The van der Waals surface area contributed by atoms with Crippen LogP contribution in [0.1, 0.15) is 17.3 Å². The van der Waals surface area contributed by atoms with Crippen molar-refractivity contribution in [2.45, 2.75) is 13.0 Å². The number of nitrogens with two attached hydrogens (primary N) is 1. The van der Waals surface area contributed by atoms with Gasteiger partial charge in [0.05, 0.1) is 30.5 Å². The molecule has 1 atom stereocenters. The van der Waals surface area contributed by atoms with Crippen molar-refractivity contribution in [3.63, 3.8) is 0 Å². The summed E-state index contributed by atoms with van der Waals surface area (Å²) in [5, 5.41) is 0. The lowest BCUT2D eigenvalue weighted by Gasteiger charge is -2.33. The zero-order chi connectivity index (χ0) is 12.3. The van der Waals surface area contributed by atoms with Gasteiger partial charge in [-0.05, 0) is 13.0 Å². The number of carbonyl (C=O) groups is 1. The molecule has 2 rings (SSSR count). The van der Waals surface area contributed by atoms with Gasteiger partial charge in [-0.1, -0.05) is 0 Å². The molecule has 0 aromatic carbocycles. The molecule has 1 aromatic rings. The van der Waals surface area contributed by atoms with Crippen molar-refractivity contribution in [1.29, 1.82) is 0 Å². The lowest BCUT2D eigenvalue weighted by Crippen LogP contribution is -2.47. The van der Waals surface area contributed by atoms with E-state index in [0.717, 1.165) is 0 Å². The summed E-state index contributed by atoms with van der Waals surface area (Å²) in [6.07, 6.45) is 3.12. The van der Waals surface area contributed by atoms with Gasteiger partial charge < -0.3 is 15.1 Å². The number of nitrogens with zero attached hydrogens (tertiary/aromatic N) is 2. The number of anilines is 1. The van der Waals surface area contributed by atoms with Gasteiger partial charge in [0.1, 0.15) is 0 Å². The maximum atomic E-state index is 12.3. The molecule has 0 bridgehead atoms. The van der Waals surface area contributed by atoms with Gasteiger partial charge in [0.25, 0.3) is 5.91 Å². The van der Waals surface area contributed by atoms with Crippen LogP contribution in [0, 0.1) is 0 Å². The molecule has 1 unspecified atom stereocenters. The van der Waals surface area contributed by atoms with Gasteiger partial charge in [-0.15, -0.1) is 0 Å². The van der Waals surface area contributed by atoms with Crippen LogP contribution in [-0.2, 0) is 4.74 Å². The van der Waals surface area contributed by atoms with E-state index in [1.54, 1.807) is 17.2 Å². The van der Waals surface area contributed by atoms with E-state index < -0.39 is 0 Å². The van der Waals surface area contributed by atoms with Crippen LogP contribution in [0.25, 0.3) is 0 Å². The fourth-order valence-corrected chi connectivity index (χ4v) is 1.87. The highest BCUT2D eigenvalue weighted by molar-refractivity contribution is 5.99. The first kappa shape index (κ1) is 11.8. The Morgan fingerprint density at radius 3 is 3.24 bits per heavy atom. The minimum atomic E-state index is -0.0677. The minimum Gasteiger partial charge on any atom is -0.377 e. The van der Waals surface area contributed by atoms with Crippen LogP contribution in [0.3, 0.4) is 0 Å². The Morgan fingerprint density at radius 2 is 2.53 bits per heavy atom. The molecule has 0 spiro atoms. The van der Waals surface area contributed by atoms with E-state index in [-0.39, 0.29) is 11.9 Å². The van der Waals surface area contributed by atoms with Crippen molar-refractivity contribution in [1.82, 2.24) is 9.88 Å². The second-order valence-electron chi connectivity index (χ2n) is 3.99. The zero-order valence-corrected chi connectivity index (χ0v) is 9.72. The third kappa shape index (κ3) is 2.37. The molecule has 6 nitrogen and oxygen atoms in total. The summed E-state index contributed by atoms with van der Waals surface area (Å²) in [5.41, 5.74) is 3.59. The summed E-state index contributed by atoms with van der Waals surface area (Å²) >= 11 is 0. The zero-order valence-electron chi connectivity index (χ0n) is 9.72. The van der Waals surface area contributed by atoms with Gasteiger partial charge in [0.2, 0.25) is 0 Å². The molecule has 2 heterocycles. The van der Waals surface area contributed by atoms with Crippen molar-refractivity contribution < 1.29 is 9.53 Å². The lowest BCUT2D eigenvalue weighted by molar-refractivity contribution is 0.00362. The summed E-state index contributed by atoms with van der Waals surface area (Å²) < 4.78 is 5.30. The third-order valence-electron chi connectivity index (χ3n) is 2.84. The Balaban J connectivity index is 2.23. The van der Waals surface area contributed by atoms with Gasteiger partial charge in [0.15, 0.2) is 0 Å². The fraction of sp³-hybridized carbons (Fsp3) is 0.455. The van der Waals surface area contributed by atoms with Crippen molar-refractivity contribution in [3.8, 4) is 0 Å². The number of hydrogen-bond acceptors (Lipinski definition) is 5. The van der Waals surface area contributed by atoms with Crippen molar-refractivity contribution in [2.24, 2.45) is 5.84 Å². The predicted octanol–water partition coefficient (Wildman–Crippen LogP) is 0.228. The van der Waals surface area contributed by atoms with Crippen molar-refractivity contribution in [3.05, 3.63) is 24.0 Å². The van der Waals surface area contributed by atoms with E-state index in [1.807, 2.05) is 6.92 Å². The first-order chi connectivity index (χ1) is 8.24. The molecule has 17 heavy (non-hydrogen) atoms. The second-order valence-corrected chi connectivity index (χ2v) is 3.99. The highest BCUT2D eigenvalue weighted by Gasteiger charge is 2.26. The Kier molecular flexibility index (Phi) is 3.55. The SMILES string of the molecule is CC1COCCN1C(=O)c1cnccc1NN. The normalized spacial score (nSPS) is 20.1. The molecule has 1 aromatic heterocycles. The Morgan fingerprint density at radius 1 is 1.71 bits per heavy atom. The molecule has 0 aliphatic carbocycles. The number of carbonyl (C=O) groups excluding carboxylic acids is 1. The number of amides is 1. The van der Waals surface area contributed by atoms with E-state index in [1.165, 1.54) is 6.20 Å². The number of morpholine rings is 1. The quantitative estimate of drug-likeness (QED) is 0.567. The smallest absolute Gasteiger partial charge is 0.257 e. The van der Waals surface area contributed by atoms with Gasteiger partial charge in [-0.2, -0.15) is 0 Å². The molecule has 3 N–H and O–H groups in total. The summed E-state index contributed by atoms with van der Waals surface area (Å²) in [4.78, 5) is 18.1. The number of hydrazine groups is 1. The molecule has 1 aliphatic heterocycles. The molecule has 1 amide bonds. The van der Waals surface area contributed by atoms with Crippen LogP contribution in [0.2, 0.25) is 0 Å². The van der Waals surface area contributed by atoms with E-state index in [4.69, 9.17) is 10.6 Å². The molecule has 1 saturated heterocycles. The first-order valence-electron chi connectivity index (χ1n) is 5.53. The fourth-order valence-electron chi connectivity index (χ4n) is 1.87. The maximum absolute atomic E-state index is 12.3. The van der Waals surface area contributed by atoms with Crippen LogP contribution >= 0.6 is 0 Å². The average Bonchev–Trinajstić information content (AvgIpc) is 2.38. The highest BCUT2D eigenvalue weighted by Crippen LogP contribution is 2.17. The van der Waals surface area contributed by atoms with Gasteiger partial charge in [0, 0.05) is 18.9 Å². The van der Waals surface area contributed by atoms with Crippen LogP contribution in [-0.4, -0.2) is 41.6 Å². The molecular formula is C11H16N4O2. The molecule has 6 heteroatoms. The van der Waals surface area contributed by atoms with Crippen molar-refractivity contribution in [2.75, 3.05) is 25.2 Å². The number of rotatable bonds is 2. The number of nitrogen functional groups attached to an aromatic ring is 1. The molecule has 1 aliphatic rings. The third-order valence-corrected chi connectivity index (χ3v) is 2.84. The van der Waals surface area contributed by atoms with Crippen LogP contribution in [0.4, 0.5) is 5.69 Å². The molecule has 1 fully saturated rings. The molecule has 0 saturated carbocycles. The minimum absolute atomic E-state index is 0.0677. The lowest BCUT2D eigenvalue weighted by atomic mass is 10.1. The monoisotopic (exact) mass is 236 g/mol. The van der Waals surface area contributed by atoms with Gasteiger partial charge in [-0.25, -0.2) is 0 Å². The number of hydrogen-bond donors (Lipinski definition) is 2. The number of ether oxygens (including phenoxy) is 1.